The smallest absolute Gasteiger partial charge is 0.155 e. The Morgan fingerprint density at radius 2 is 1.78 bits per heavy atom. The summed E-state index contributed by atoms with van der Waals surface area (Å²) in [5, 5.41) is 0. The molecule has 5 saturated carbocycles. The molecule has 0 saturated heterocycles. The van der Waals surface area contributed by atoms with E-state index in [0.29, 0.717) is 29.3 Å². The summed E-state index contributed by atoms with van der Waals surface area (Å²) in [6, 6.07) is 0. The van der Waals surface area contributed by atoms with E-state index in [0.717, 1.165) is 42.9 Å². The van der Waals surface area contributed by atoms with Crippen LogP contribution in [-0.2, 0) is 9.59 Å². The third-order valence-corrected chi connectivity index (χ3v) is 9.21. The van der Waals surface area contributed by atoms with Crippen molar-refractivity contribution in [2.45, 2.75) is 52.4 Å². The van der Waals surface area contributed by atoms with Gasteiger partial charge in [-0.25, -0.2) is 0 Å². The second-order valence-electron chi connectivity index (χ2n) is 10.0. The molecular weight excluding hydrogens is 284 g/mol. The van der Waals surface area contributed by atoms with Gasteiger partial charge in [-0.05, 0) is 79.1 Å². The lowest BCUT2D eigenvalue weighted by Crippen LogP contribution is -2.52. The van der Waals surface area contributed by atoms with Crippen LogP contribution < -0.4 is 0 Å². The Hall–Kier alpha value is -0.920. The minimum Gasteiger partial charge on any atom is -0.299 e. The zero-order valence-electron chi connectivity index (χ0n) is 14.2. The molecule has 0 heterocycles. The second-order valence-corrected chi connectivity index (χ2v) is 10.0. The predicted octanol–water partition coefficient (Wildman–Crippen LogP) is 3.80. The van der Waals surface area contributed by atoms with Gasteiger partial charge in [-0.3, -0.25) is 9.59 Å². The summed E-state index contributed by atoms with van der Waals surface area (Å²) in [6.07, 6.45) is 8.66. The lowest BCUT2D eigenvalue weighted by atomic mass is 9.46. The van der Waals surface area contributed by atoms with Crippen LogP contribution in [-0.4, -0.2) is 11.6 Å². The van der Waals surface area contributed by atoms with E-state index < -0.39 is 0 Å². The molecule has 0 radical (unpaired) electrons. The third-order valence-electron chi connectivity index (χ3n) is 9.21. The van der Waals surface area contributed by atoms with E-state index in [1.807, 2.05) is 6.08 Å². The van der Waals surface area contributed by atoms with E-state index in [-0.39, 0.29) is 10.8 Å². The Balaban J connectivity index is 1.47. The Morgan fingerprint density at radius 1 is 1.00 bits per heavy atom. The molecule has 0 spiro atoms. The van der Waals surface area contributed by atoms with Crippen LogP contribution in [0.5, 0.6) is 0 Å². The van der Waals surface area contributed by atoms with Crippen LogP contribution in [0.2, 0.25) is 0 Å². The molecule has 9 atom stereocenters. The Morgan fingerprint density at radius 3 is 2.61 bits per heavy atom. The molecule has 0 bridgehead atoms. The van der Waals surface area contributed by atoms with Crippen LogP contribution in [0.15, 0.2) is 11.6 Å². The number of Topliss-reactive ketones (excluding diaryl/α,β-unsaturated/α-hetero) is 1. The summed E-state index contributed by atoms with van der Waals surface area (Å²) in [5.41, 5.74) is 1.78. The molecule has 6 aliphatic carbocycles. The van der Waals surface area contributed by atoms with Crippen molar-refractivity contribution in [3.63, 3.8) is 0 Å². The van der Waals surface area contributed by atoms with Crippen molar-refractivity contribution in [1.82, 2.24) is 0 Å². The highest BCUT2D eigenvalue weighted by Gasteiger charge is 2.74. The zero-order chi connectivity index (χ0) is 15.7. The number of ketones is 2. The van der Waals surface area contributed by atoms with Crippen molar-refractivity contribution in [2.75, 3.05) is 0 Å². The van der Waals surface area contributed by atoms with Crippen molar-refractivity contribution in [1.29, 1.82) is 0 Å². The van der Waals surface area contributed by atoms with Crippen molar-refractivity contribution in [3.8, 4) is 0 Å². The van der Waals surface area contributed by atoms with Crippen LogP contribution in [0.1, 0.15) is 52.4 Å². The SMILES string of the molecule is C[C@]12CCC(=O)C=C1[C@@H]1C[C@@H]1[C@H]1[C@H]3[C@@H]4C[C@@H]4C(=O)[C@@]3(C)CC[C@H]12. The van der Waals surface area contributed by atoms with Crippen LogP contribution >= 0.6 is 0 Å². The van der Waals surface area contributed by atoms with Gasteiger partial charge in [0.15, 0.2) is 5.78 Å². The van der Waals surface area contributed by atoms with E-state index in [9.17, 15) is 9.59 Å². The molecule has 0 unspecified atom stereocenters. The van der Waals surface area contributed by atoms with Gasteiger partial charge < -0.3 is 0 Å². The molecule has 6 rings (SSSR count). The topological polar surface area (TPSA) is 34.1 Å². The largest absolute Gasteiger partial charge is 0.299 e. The fourth-order valence-electron chi connectivity index (χ4n) is 8.04. The summed E-state index contributed by atoms with van der Waals surface area (Å²) in [7, 11) is 0. The number of fused-ring (bicyclic) bond motifs is 10. The highest BCUT2D eigenvalue weighted by molar-refractivity contribution is 5.93. The van der Waals surface area contributed by atoms with E-state index in [1.165, 1.54) is 24.8 Å². The van der Waals surface area contributed by atoms with Crippen LogP contribution in [0.25, 0.3) is 0 Å². The molecule has 23 heavy (non-hydrogen) atoms. The molecule has 0 aromatic rings. The molecule has 0 aromatic heterocycles. The van der Waals surface area contributed by atoms with Crippen molar-refractivity contribution in [2.24, 2.45) is 52.3 Å². The summed E-state index contributed by atoms with van der Waals surface area (Å²) < 4.78 is 0. The lowest BCUT2D eigenvalue weighted by Gasteiger charge is -2.57. The summed E-state index contributed by atoms with van der Waals surface area (Å²) in [4.78, 5) is 24.8. The van der Waals surface area contributed by atoms with E-state index in [1.54, 1.807) is 0 Å². The van der Waals surface area contributed by atoms with Gasteiger partial charge in [0.1, 0.15) is 5.78 Å². The van der Waals surface area contributed by atoms with Gasteiger partial charge in [-0.15, -0.1) is 0 Å². The van der Waals surface area contributed by atoms with Gasteiger partial charge in [-0.1, -0.05) is 19.4 Å². The van der Waals surface area contributed by atoms with Gasteiger partial charge in [0.25, 0.3) is 0 Å². The Labute approximate surface area is 138 Å². The molecule has 2 nitrogen and oxygen atoms in total. The zero-order valence-corrected chi connectivity index (χ0v) is 14.2. The van der Waals surface area contributed by atoms with Crippen LogP contribution in [0, 0.1) is 52.3 Å². The number of carbonyl (C=O) groups excluding carboxylic acids is 2. The van der Waals surface area contributed by atoms with Gasteiger partial charge in [0.2, 0.25) is 0 Å². The average Bonchev–Trinajstić information content (AvgIpc) is 3.40. The minimum absolute atomic E-state index is 0.00392. The maximum Gasteiger partial charge on any atom is 0.155 e. The maximum atomic E-state index is 12.8. The number of rotatable bonds is 0. The first-order valence-corrected chi connectivity index (χ1v) is 9.74. The van der Waals surface area contributed by atoms with Crippen molar-refractivity contribution >= 4 is 11.6 Å². The van der Waals surface area contributed by atoms with E-state index >= 15 is 0 Å². The van der Waals surface area contributed by atoms with Gasteiger partial charge in [-0.2, -0.15) is 0 Å². The van der Waals surface area contributed by atoms with Gasteiger partial charge in [0.05, 0.1) is 0 Å². The first-order valence-electron chi connectivity index (χ1n) is 9.74. The van der Waals surface area contributed by atoms with Crippen LogP contribution in [0.3, 0.4) is 0 Å². The van der Waals surface area contributed by atoms with Gasteiger partial charge in [0, 0.05) is 17.8 Å². The fourth-order valence-corrected chi connectivity index (χ4v) is 8.04. The van der Waals surface area contributed by atoms with Crippen molar-refractivity contribution < 1.29 is 9.59 Å². The van der Waals surface area contributed by atoms with Crippen molar-refractivity contribution in [3.05, 3.63) is 11.6 Å². The van der Waals surface area contributed by atoms with E-state index in [2.05, 4.69) is 13.8 Å². The monoisotopic (exact) mass is 310 g/mol. The number of allylic oxidation sites excluding steroid dienone is 1. The predicted molar refractivity (Wildman–Crippen MR) is 86.4 cm³/mol. The normalized spacial score (nSPS) is 61.7. The number of carbonyl (C=O) groups is 2. The van der Waals surface area contributed by atoms with E-state index in [4.69, 9.17) is 0 Å². The number of hydrogen-bond acceptors (Lipinski definition) is 2. The maximum absolute atomic E-state index is 12.8. The molecule has 0 amide bonds. The third kappa shape index (κ3) is 1.36. The summed E-state index contributed by atoms with van der Waals surface area (Å²) >= 11 is 0. The Kier molecular flexibility index (Phi) is 2.14. The molecule has 5 fully saturated rings. The summed E-state index contributed by atoms with van der Waals surface area (Å²) in [5.74, 6) is 5.78. The minimum atomic E-state index is 0.00392. The molecule has 0 aliphatic heterocycles. The quantitative estimate of drug-likeness (QED) is 0.682. The molecule has 6 aliphatic rings. The molecule has 2 heteroatoms. The Bertz CT molecular complexity index is 690. The highest BCUT2D eigenvalue weighted by atomic mass is 16.1. The number of hydrogen-bond donors (Lipinski definition) is 0. The first-order chi connectivity index (χ1) is 10.9. The second kappa shape index (κ2) is 3.68. The van der Waals surface area contributed by atoms with Crippen LogP contribution in [0.4, 0.5) is 0 Å². The first kappa shape index (κ1) is 13.4. The molecule has 122 valence electrons. The fraction of sp³-hybridized carbons (Fsp3) is 0.810. The molecule has 0 aromatic carbocycles. The lowest BCUT2D eigenvalue weighted by molar-refractivity contribution is -0.137. The highest BCUT2D eigenvalue weighted by Crippen LogP contribution is 2.77. The molecular formula is C21H26O2. The average molecular weight is 310 g/mol. The standard InChI is InChI=1S/C21H26O2/c1-20-5-3-10(22)7-16(20)11-8-12(11)17-15(20)4-6-21(2)18(17)13-9-14(13)19(21)23/h7,11-15,17-18H,3-6,8-9H2,1-2H3/t11-,12+,13-,14+,15-,17-,18-,20-,21+/m1/s1. The molecule has 0 N–H and O–H groups in total. The van der Waals surface area contributed by atoms with Gasteiger partial charge >= 0.3 is 0 Å². The summed E-state index contributed by atoms with van der Waals surface area (Å²) in [6.45, 7) is 4.76.